The lowest BCUT2D eigenvalue weighted by atomic mass is 10.0. The van der Waals surface area contributed by atoms with Gasteiger partial charge in [0.1, 0.15) is 0 Å². The summed E-state index contributed by atoms with van der Waals surface area (Å²) in [5.41, 5.74) is 2.90. The molecular weight excluding hydrogens is 264 g/mol. The van der Waals surface area contributed by atoms with Crippen LogP contribution in [0, 0.1) is 0 Å². The van der Waals surface area contributed by atoms with Gasteiger partial charge in [-0.2, -0.15) is 0 Å². The van der Waals surface area contributed by atoms with Crippen molar-refractivity contribution in [2.24, 2.45) is 0 Å². The summed E-state index contributed by atoms with van der Waals surface area (Å²) < 4.78 is 10.2. The van der Waals surface area contributed by atoms with E-state index in [0.717, 1.165) is 32.1 Å². The minimum atomic E-state index is -0.139. The van der Waals surface area contributed by atoms with Gasteiger partial charge in [-0.05, 0) is 59.8 Å². The molecule has 3 heteroatoms. The summed E-state index contributed by atoms with van der Waals surface area (Å²) in [7, 11) is 1.43. The maximum absolute atomic E-state index is 11.0. The van der Waals surface area contributed by atoms with E-state index >= 15 is 0 Å². The van der Waals surface area contributed by atoms with Gasteiger partial charge in [0.2, 0.25) is 0 Å². The first-order valence-corrected chi connectivity index (χ1v) is 7.91. The molecule has 0 bridgehead atoms. The summed E-state index contributed by atoms with van der Waals surface area (Å²) in [5, 5.41) is 0. The maximum atomic E-state index is 11.0. The second kappa shape index (κ2) is 8.38. The van der Waals surface area contributed by atoms with Crippen LogP contribution >= 0.6 is 0 Å². The van der Waals surface area contributed by atoms with Gasteiger partial charge in [0.15, 0.2) is 0 Å². The molecule has 0 radical (unpaired) electrons. The summed E-state index contributed by atoms with van der Waals surface area (Å²) in [5.74, 6) is -0.139. The van der Waals surface area contributed by atoms with E-state index in [1.807, 2.05) is 0 Å². The van der Waals surface area contributed by atoms with Crippen molar-refractivity contribution < 1.29 is 14.3 Å². The smallest absolute Gasteiger partial charge is 0.305 e. The Morgan fingerprint density at radius 1 is 1.10 bits per heavy atom. The number of ether oxygens (including phenoxy) is 2. The zero-order valence-corrected chi connectivity index (χ0v) is 14.2. The standard InChI is InChI=1S/C18H30O3/c1-14(10-7-11-17(19)20-5)8-6-9-15(2)12-13-16-18(3,4)21-16/h9-10,16H,6-8,11-13H2,1-5H3/b14-10+,15-9+. The van der Waals surface area contributed by atoms with Crippen molar-refractivity contribution in [3.05, 3.63) is 23.3 Å². The van der Waals surface area contributed by atoms with Crippen LogP contribution in [0.2, 0.25) is 0 Å². The molecular formula is C18H30O3. The van der Waals surface area contributed by atoms with E-state index in [1.54, 1.807) is 0 Å². The van der Waals surface area contributed by atoms with Gasteiger partial charge in [-0.3, -0.25) is 4.79 Å². The van der Waals surface area contributed by atoms with E-state index in [-0.39, 0.29) is 11.6 Å². The Morgan fingerprint density at radius 3 is 2.14 bits per heavy atom. The molecule has 1 rings (SSSR count). The Labute approximate surface area is 129 Å². The predicted molar refractivity (Wildman–Crippen MR) is 86.2 cm³/mol. The number of allylic oxidation sites excluding steroid dienone is 4. The first-order valence-electron chi connectivity index (χ1n) is 7.91. The lowest BCUT2D eigenvalue weighted by Crippen LogP contribution is -2.02. The number of methoxy groups -OCH3 is 1. The molecule has 21 heavy (non-hydrogen) atoms. The van der Waals surface area contributed by atoms with Crippen LogP contribution < -0.4 is 0 Å². The lowest BCUT2D eigenvalue weighted by Gasteiger charge is -2.02. The highest BCUT2D eigenvalue weighted by Crippen LogP contribution is 2.38. The van der Waals surface area contributed by atoms with Crippen molar-refractivity contribution in [1.82, 2.24) is 0 Å². The number of epoxide rings is 1. The van der Waals surface area contributed by atoms with Crippen molar-refractivity contribution in [3.8, 4) is 0 Å². The normalized spacial score (nSPS) is 21.3. The van der Waals surface area contributed by atoms with Crippen molar-refractivity contribution in [3.63, 3.8) is 0 Å². The van der Waals surface area contributed by atoms with E-state index < -0.39 is 0 Å². The fourth-order valence-corrected chi connectivity index (χ4v) is 2.39. The van der Waals surface area contributed by atoms with E-state index in [1.165, 1.54) is 18.3 Å². The number of carbonyl (C=O) groups is 1. The third kappa shape index (κ3) is 7.47. The van der Waals surface area contributed by atoms with E-state index in [9.17, 15) is 4.79 Å². The molecule has 0 aromatic rings. The second-order valence-corrected chi connectivity index (χ2v) is 6.50. The zero-order chi connectivity index (χ0) is 15.9. The SMILES string of the molecule is COC(=O)CC/C=C(\C)CC/C=C(\C)CCC1OC1(C)C. The van der Waals surface area contributed by atoms with Crippen molar-refractivity contribution in [2.75, 3.05) is 7.11 Å². The fraction of sp³-hybridized carbons (Fsp3) is 0.722. The first kappa shape index (κ1) is 18.0. The number of rotatable bonds is 9. The average molecular weight is 294 g/mol. The Hall–Kier alpha value is -1.09. The average Bonchev–Trinajstić information content (AvgIpc) is 3.03. The van der Waals surface area contributed by atoms with Crippen LogP contribution in [0.5, 0.6) is 0 Å². The van der Waals surface area contributed by atoms with E-state index in [0.29, 0.717) is 12.5 Å². The Bertz CT molecular complexity index is 405. The van der Waals surface area contributed by atoms with Gasteiger partial charge in [0, 0.05) is 6.42 Å². The number of esters is 1. The van der Waals surface area contributed by atoms with Gasteiger partial charge in [-0.15, -0.1) is 0 Å². The molecule has 0 aliphatic carbocycles. The molecule has 1 heterocycles. The minimum Gasteiger partial charge on any atom is -0.469 e. The van der Waals surface area contributed by atoms with Crippen LogP contribution in [0.1, 0.15) is 66.2 Å². The third-order valence-corrected chi connectivity index (χ3v) is 4.07. The molecule has 120 valence electrons. The third-order valence-electron chi connectivity index (χ3n) is 4.07. The number of carbonyl (C=O) groups excluding carboxylic acids is 1. The van der Waals surface area contributed by atoms with Crippen LogP contribution in [0.4, 0.5) is 0 Å². The van der Waals surface area contributed by atoms with Crippen LogP contribution in [0.25, 0.3) is 0 Å². The first-order chi connectivity index (χ1) is 9.85. The van der Waals surface area contributed by atoms with Gasteiger partial charge in [0.05, 0.1) is 18.8 Å². The molecule has 0 saturated carbocycles. The molecule has 1 aliphatic heterocycles. The van der Waals surface area contributed by atoms with Crippen LogP contribution in [-0.4, -0.2) is 24.8 Å². The molecule has 1 unspecified atom stereocenters. The molecule has 3 nitrogen and oxygen atoms in total. The van der Waals surface area contributed by atoms with E-state index in [2.05, 4.69) is 44.6 Å². The van der Waals surface area contributed by atoms with Crippen LogP contribution in [0.15, 0.2) is 23.3 Å². The van der Waals surface area contributed by atoms with Gasteiger partial charge >= 0.3 is 5.97 Å². The van der Waals surface area contributed by atoms with Gasteiger partial charge in [0.25, 0.3) is 0 Å². The van der Waals surface area contributed by atoms with Crippen LogP contribution in [-0.2, 0) is 14.3 Å². The fourth-order valence-electron chi connectivity index (χ4n) is 2.39. The summed E-state index contributed by atoms with van der Waals surface area (Å²) in [6.07, 6.45) is 10.5. The number of hydrogen-bond acceptors (Lipinski definition) is 3. The Kier molecular flexibility index (Phi) is 7.16. The monoisotopic (exact) mass is 294 g/mol. The van der Waals surface area contributed by atoms with Gasteiger partial charge in [-0.1, -0.05) is 23.3 Å². The maximum Gasteiger partial charge on any atom is 0.305 e. The lowest BCUT2D eigenvalue weighted by molar-refractivity contribution is -0.140. The highest BCUT2D eigenvalue weighted by atomic mass is 16.6. The molecule has 1 saturated heterocycles. The second-order valence-electron chi connectivity index (χ2n) is 6.50. The summed E-state index contributed by atoms with van der Waals surface area (Å²) in [6.45, 7) is 8.63. The largest absolute Gasteiger partial charge is 0.469 e. The summed E-state index contributed by atoms with van der Waals surface area (Å²) in [4.78, 5) is 11.0. The summed E-state index contributed by atoms with van der Waals surface area (Å²) in [6, 6.07) is 0. The molecule has 0 N–H and O–H groups in total. The van der Waals surface area contributed by atoms with Crippen LogP contribution in [0.3, 0.4) is 0 Å². The quantitative estimate of drug-likeness (QED) is 0.355. The van der Waals surface area contributed by atoms with Crippen molar-refractivity contribution in [1.29, 1.82) is 0 Å². The topological polar surface area (TPSA) is 38.8 Å². The molecule has 0 amide bonds. The molecule has 0 spiro atoms. The summed E-state index contributed by atoms with van der Waals surface area (Å²) >= 11 is 0. The highest BCUT2D eigenvalue weighted by Gasteiger charge is 2.46. The molecule has 1 fully saturated rings. The predicted octanol–water partition coefficient (Wildman–Crippen LogP) is 4.57. The van der Waals surface area contributed by atoms with Crippen molar-refractivity contribution in [2.45, 2.75) is 77.9 Å². The highest BCUT2D eigenvalue weighted by molar-refractivity contribution is 5.69. The molecule has 0 aromatic carbocycles. The zero-order valence-electron chi connectivity index (χ0n) is 14.2. The van der Waals surface area contributed by atoms with E-state index in [4.69, 9.17) is 4.74 Å². The number of hydrogen-bond donors (Lipinski definition) is 0. The molecule has 1 atom stereocenters. The Balaban J connectivity index is 2.14. The van der Waals surface area contributed by atoms with Gasteiger partial charge < -0.3 is 9.47 Å². The van der Waals surface area contributed by atoms with Crippen molar-refractivity contribution >= 4 is 5.97 Å². The molecule has 0 aromatic heterocycles. The minimum absolute atomic E-state index is 0.110. The van der Waals surface area contributed by atoms with Gasteiger partial charge in [-0.25, -0.2) is 0 Å². The Morgan fingerprint density at radius 2 is 1.62 bits per heavy atom. The molecule has 1 aliphatic rings.